The van der Waals surface area contributed by atoms with Crippen LogP contribution in [0.4, 0.5) is 11.4 Å². The molecule has 39 heavy (non-hydrogen) atoms. The fourth-order valence-corrected chi connectivity index (χ4v) is 5.16. The molecule has 8 nitrogen and oxygen atoms in total. The highest BCUT2D eigenvalue weighted by Gasteiger charge is 2.36. The number of ether oxygens (including phenoxy) is 2. The van der Waals surface area contributed by atoms with Crippen LogP contribution in [-0.2, 0) is 20.7 Å². The van der Waals surface area contributed by atoms with Crippen LogP contribution in [-0.4, -0.2) is 53.4 Å². The van der Waals surface area contributed by atoms with Crippen LogP contribution >= 0.6 is 23.4 Å². The number of halogens is 1. The van der Waals surface area contributed by atoms with E-state index in [4.69, 9.17) is 26.1 Å². The number of amides is 2. The molecule has 1 unspecified atom stereocenters. The molecule has 0 bridgehead atoms. The number of nitrogens with one attached hydrogen (secondary N) is 1. The molecule has 3 aromatic rings. The molecule has 1 fully saturated rings. The largest absolute Gasteiger partial charge is 0.495 e. The van der Waals surface area contributed by atoms with Crippen molar-refractivity contribution < 1.29 is 23.9 Å². The average molecular weight is 566 g/mol. The van der Waals surface area contributed by atoms with Gasteiger partial charge in [-0.2, -0.15) is 0 Å². The van der Waals surface area contributed by atoms with Gasteiger partial charge < -0.3 is 14.8 Å². The number of carbonyl (C=O) groups excluding carboxylic acids is 3. The number of thioether (sulfide) groups is 1. The van der Waals surface area contributed by atoms with Crippen LogP contribution in [0.2, 0.25) is 5.02 Å². The quantitative estimate of drug-likeness (QED) is 0.333. The second-order valence-corrected chi connectivity index (χ2v) is 10.2. The van der Waals surface area contributed by atoms with Gasteiger partial charge in [-0.25, -0.2) is 9.79 Å². The van der Waals surface area contributed by atoms with Crippen LogP contribution in [0.15, 0.2) is 77.8 Å². The Labute approximate surface area is 236 Å². The highest BCUT2D eigenvalue weighted by Crippen LogP contribution is 2.31. The molecule has 1 saturated heterocycles. The van der Waals surface area contributed by atoms with Crippen LogP contribution in [0.25, 0.3) is 0 Å². The molecule has 0 spiro atoms. The molecule has 0 saturated carbocycles. The van der Waals surface area contributed by atoms with E-state index in [1.54, 1.807) is 54.3 Å². The number of para-hydroxylation sites is 2. The fourth-order valence-electron chi connectivity index (χ4n) is 3.91. The molecule has 2 amide bonds. The third kappa shape index (κ3) is 7.40. The molecule has 1 heterocycles. The number of aliphatic imine (C=N–C) groups is 1. The van der Waals surface area contributed by atoms with Gasteiger partial charge in [-0.1, -0.05) is 47.6 Å². The molecule has 4 rings (SSSR count). The first-order chi connectivity index (χ1) is 18.9. The number of hydrogen-bond acceptors (Lipinski definition) is 7. The smallest absolute Gasteiger partial charge is 0.338 e. The molecule has 1 aliphatic heterocycles. The Bertz CT molecular complexity index is 1360. The van der Waals surface area contributed by atoms with E-state index in [1.165, 1.54) is 18.9 Å². The number of benzene rings is 3. The van der Waals surface area contributed by atoms with Crippen molar-refractivity contribution >= 4 is 57.7 Å². The summed E-state index contributed by atoms with van der Waals surface area (Å²) in [7, 11) is 1.53. The SMILES string of the molecule is CCOC(=O)c1ccc(N=C2SC(C(=O)Nc3ccccc3OC)CC(=O)N2CCc2ccc(Cl)cc2)cc1. The molecular weight excluding hydrogens is 538 g/mol. The normalized spacial score (nSPS) is 16.2. The Balaban J connectivity index is 1.57. The molecule has 10 heteroatoms. The van der Waals surface area contributed by atoms with E-state index < -0.39 is 11.2 Å². The maximum Gasteiger partial charge on any atom is 0.338 e. The summed E-state index contributed by atoms with van der Waals surface area (Å²) >= 11 is 7.23. The topological polar surface area (TPSA) is 97.3 Å². The summed E-state index contributed by atoms with van der Waals surface area (Å²) < 4.78 is 10.4. The lowest BCUT2D eigenvalue weighted by molar-refractivity contribution is -0.129. The maximum absolute atomic E-state index is 13.3. The molecule has 1 N–H and O–H groups in total. The number of nitrogens with zero attached hydrogens (tertiary/aromatic N) is 2. The number of rotatable bonds is 9. The van der Waals surface area contributed by atoms with Crippen LogP contribution in [0, 0.1) is 0 Å². The van der Waals surface area contributed by atoms with Crippen LogP contribution in [0.3, 0.4) is 0 Å². The van der Waals surface area contributed by atoms with Crippen molar-refractivity contribution in [2.45, 2.75) is 25.0 Å². The predicted octanol–water partition coefficient (Wildman–Crippen LogP) is 5.73. The van der Waals surface area contributed by atoms with Gasteiger partial charge in [0.05, 0.1) is 30.7 Å². The molecule has 0 aromatic heterocycles. The minimum Gasteiger partial charge on any atom is -0.495 e. The number of amidine groups is 1. The molecule has 0 radical (unpaired) electrons. The zero-order valence-electron chi connectivity index (χ0n) is 21.6. The number of carbonyl (C=O) groups is 3. The van der Waals surface area contributed by atoms with Gasteiger partial charge in [-0.15, -0.1) is 0 Å². The Morgan fingerprint density at radius 3 is 2.49 bits per heavy atom. The Kier molecular flexibility index (Phi) is 9.62. The summed E-state index contributed by atoms with van der Waals surface area (Å²) in [4.78, 5) is 44.8. The van der Waals surface area contributed by atoms with Crippen LogP contribution in [0.1, 0.15) is 29.3 Å². The second-order valence-electron chi connectivity index (χ2n) is 8.58. The Morgan fingerprint density at radius 1 is 1.08 bits per heavy atom. The highest BCUT2D eigenvalue weighted by atomic mass is 35.5. The van der Waals surface area contributed by atoms with Gasteiger partial charge in [0.2, 0.25) is 11.8 Å². The van der Waals surface area contributed by atoms with Crippen molar-refractivity contribution in [1.82, 2.24) is 4.90 Å². The van der Waals surface area contributed by atoms with Crippen molar-refractivity contribution in [2.75, 3.05) is 25.6 Å². The van der Waals surface area contributed by atoms with Gasteiger partial charge in [0.1, 0.15) is 11.0 Å². The van der Waals surface area contributed by atoms with E-state index >= 15 is 0 Å². The average Bonchev–Trinajstić information content (AvgIpc) is 2.94. The second kappa shape index (κ2) is 13.3. The standard InChI is InChI=1S/C29H28ClN3O5S/c1-3-38-28(36)20-10-14-22(15-11-20)31-29-33(17-16-19-8-12-21(30)13-9-19)26(34)18-25(39-29)27(35)32-23-6-4-5-7-24(23)37-2/h4-15,25H,3,16-18H2,1-2H3,(H,32,35). The van der Waals surface area contributed by atoms with E-state index in [-0.39, 0.29) is 24.8 Å². The van der Waals surface area contributed by atoms with Gasteiger partial charge in [-0.3, -0.25) is 14.5 Å². The molecule has 202 valence electrons. The lowest BCUT2D eigenvalue weighted by Gasteiger charge is -2.32. The van der Waals surface area contributed by atoms with Crippen molar-refractivity contribution in [3.8, 4) is 5.75 Å². The van der Waals surface area contributed by atoms with Gasteiger partial charge in [-0.05, 0) is 67.4 Å². The molecule has 1 atom stereocenters. The number of hydrogen-bond donors (Lipinski definition) is 1. The third-order valence-corrected chi connectivity index (χ3v) is 7.38. The van der Waals surface area contributed by atoms with Crippen molar-refractivity contribution in [3.63, 3.8) is 0 Å². The first kappa shape index (κ1) is 28.2. The third-order valence-electron chi connectivity index (χ3n) is 5.94. The van der Waals surface area contributed by atoms with Crippen LogP contribution < -0.4 is 10.1 Å². The Morgan fingerprint density at radius 2 is 1.79 bits per heavy atom. The van der Waals surface area contributed by atoms with E-state index in [0.717, 1.165) is 5.56 Å². The minimum atomic E-state index is -0.688. The Hall–Kier alpha value is -3.82. The first-order valence-electron chi connectivity index (χ1n) is 12.4. The van der Waals surface area contributed by atoms with E-state index in [2.05, 4.69) is 5.32 Å². The number of esters is 1. The van der Waals surface area contributed by atoms with E-state index in [9.17, 15) is 14.4 Å². The number of methoxy groups -OCH3 is 1. The van der Waals surface area contributed by atoms with Crippen LogP contribution in [0.5, 0.6) is 5.75 Å². The number of anilines is 1. The highest BCUT2D eigenvalue weighted by molar-refractivity contribution is 8.15. The molecule has 3 aromatic carbocycles. The fraction of sp³-hybridized carbons (Fsp3) is 0.241. The van der Waals surface area contributed by atoms with E-state index in [0.29, 0.717) is 45.8 Å². The summed E-state index contributed by atoms with van der Waals surface area (Å²) in [5.41, 5.74) is 2.49. The lowest BCUT2D eigenvalue weighted by Crippen LogP contribution is -2.46. The molecule has 1 aliphatic rings. The predicted molar refractivity (Wildman–Crippen MR) is 154 cm³/mol. The van der Waals surface area contributed by atoms with Crippen molar-refractivity contribution in [1.29, 1.82) is 0 Å². The van der Waals surface area contributed by atoms with Crippen molar-refractivity contribution in [2.24, 2.45) is 4.99 Å². The lowest BCUT2D eigenvalue weighted by atomic mass is 10.1. The first-order valence-corrected chi connectivity index (χ1v) is 13.6. The maximum atomic E-state index is 13.3. The molecule has 0 aliphatic carbocycles. The zero-order valence-corrected chi connectivity index (χ0v) is 23.1. The summed E-state index contributed by atoms with van der Waals surface area (Å²) in [6, 6.07) is 21.1. The van der Waals surface area contributed by atoms with Gasteiger partial charge >= 0.3 is 5.97 Å². The summed E-state index contributed by atoms with van der Waals surface area (Å²) in [6.07, 6.45) is 0.607. The summed E-state index contributed by atoms with van der Waals surface area (Å²) in [5.74, 6) is -0.417. The zero-order chi connectivity index (χ0) is 27.8. The van der Waals surface area contributed by atoms with Gasteiger partial charge in [0, 0.05) is 18.0 Å². The monoisotopic (exact) mass is 565 g/mol. The van der Waals surface area contributed by atoms with Crippen molar-refractivity contribution in [3.05, 3.63) is 88.9 Å². The van der Waals surface area contributed by atoms with Gasteiger partial charge in [0.15, 0.2) is 5.17 Å². The van der Waals surface area contributed by atoms with E-state index in [1.807, 2.05) is 30.3 Å². The summed E-state index contributed by atoms with van der Waals surface area (Å²) in [5, 5.41) is 3.23. The minimum absolute atomic E-state index is 0.0209. The van der Waals surface area contributed by atoms with Gasteiger partial charge in [0.25, 0.3) is 0 Å². The molecular formula is C29H28ClN3O5S. The summed E-state index contributed by atoms with van der Waals surface area (Å²) in [6.45, 7) is 2.41.